The fraction of sp³-hybridized carbons (Fsp3) is 0.750. The van der Waals surface area contributed by atoms with Crippen molar-refractivity contribution in [2.45, 2.75) is 63.8 Å². The molecular weight excluding hydrogens is 252 g/mol. The van der Waals surface area contributed by atoms with E-state index in [-0.39, 0.29) is 12.1 Å². The Labute approximate surface area is 121 Å². The molecule has 4 unspecified atom stereocenters. The number of aryl methyl sites for hydroxylation is 1. The first-order valence-corrected chi connectivity index (χ1v) is 7.86. The largest absolute Gasteiger partial charge is 0.465 e. The van der Waals surface area contributed by atoms with Gasteiger partial charge >= 0.3 is 0 Å². The fourth-order valence-electron chi connectivity index (χ4n) is 3.81. The van der Waals surface area contributed by atoms with Crippen molar-refractivity contribution in [3.63, 3.8) is 0 Å². The molecule has 20 heavy (non-hydrogen) atoms. The van der Waals surface area contributed by atoms with Crippen LogP contribution < -0.4 is 5.73 Å². The number of rotatable bonds is 3. The maximum absolute atomic E-state index is 6.29. The average Bonchev–Trinajstić information content (AvgIpc) is 2.85. The molecule has 1 saturated heterocycles. The van der Waals surface area contributed by atoms with E-state index in [1.54, 1.807) is 0 Å². The molecule has 2 N–H and O–H groups in total. The third-order valence-electron chi connectivity index (χ3n) is 4.68. The summed E-state index contributed by atoms with van der Waals surface area (Å²) in [7, 11) is 0. The van der Waals surface area contributed by atoms with Crippen molar-refractivity contribution in [1.29, 1.82) is 0 Å². The highest BCUT2D eigenvalue weighted by Crippen LogP contribution is 2.35. The second-order valence-electron chi connectivity index (χ2n) is 6.25. The molecule has 1 saturated carbocycles. The molecule has 4 nitrogen and oxygen atoms in total. The predicted octanol–water partition coefficient (Wildman–Crippen LogP) is 2.62. The zero-order valence-corrected chi connectivity index (χ0v) is 12.5. The molecule has 0 radical (unpaired) electrons. The van der Waals surface area contributed by atoms with Crippen molar-refractivity contribution >= 4 is 0 Å². The van der Waals surface area contributed by atoms with Crippen molar-refractivity contribution in [3.8, 4) is 0 Å². The van der Waals surface area contributed by atoms with Crippen LogP contribution in [0.4, 0.5) is 0 Å². The van der Waals surface area contributed by atoms with Gasteiger partial charge < -0.3 is 14.9 Å². The SMILES string of the molecule is Cc1ccc(C(C(C)N)N2CCOC3CCCCC32)o1. The van der Waals surface area contributed by atoms with Crippen LogP contribution in [0.2, 0.25) is 0 Å². The number of morpholine rings is 1. The highest BCUT2D eigenvalue weighted by molar-refractivity contribution is 5.13. The van der Waals surface area contributed by atoms with Gasteiger partial charge in [-0.15, -0.1) is 0 Å². The number of nitrogens with two attached hydrogens (primary N) is 1. The van der Waals surface area contributed by atoms with E-state index >= 15 is 0 Å². The van der Waals surface area contributed by atoms with Crippen molar-refractivity contribution in [1.82, 2.24) is 4.90 Å². The van der Waals surface area contributed by atoms with E-state index in [9.17, 15) is 0 Å². The van der Waals surface area contributed by atoms with E-state index in [2.05, 4.69) is 17.9 Å². The summed E-state index contributed by atoms with van der Waals surface area (Å²) in [6.45, 7) is 5.83. The van der Waals surface area contributed by atoms with Gasteiger partial charge in [-0.05, 0) is 38.8 Å². The predicted molar refractivity (Wildman–Crippen MR) is 78.5 cm³/mol. The summed E-state index contributed by atoms with van der Waals surface area (Å²) in [5.74, 6) is 1.96. The Hall–Kier alpha value is -0.840. The summed E-state index contributed by atoms with van der Waals surface area (Å²) in [5.41, 5.74) is 6.29. The van der Waals surface area contributed by atoms with Crippen LogP contribution in [-0.4, -0.2) is 36.2 Å². The molecule has 2 aliphatic rings. The Balaban J connectivity index is 1.86. The standard InChI is InChI=1S/C16H26N2O2/c1-11-7-8-15(20-11)16(12(2)17)18-9-10-19-14-6-4-3-5-13(14)18/h7-8,12-14,16H,3-6,9-10,17H2,1-2H3. The van der Waals surface area contributed by atoms with Crippen molar-refractivity contribution in [2.24, 2.45) is 5.73 Å². The van der Waals surface area contributed by atoms with Crippen LogP contribution in [0.25, 0.3) is 0 Å². The lowest BCUT2D eigenvalue weighted by Gasteiger charge is -2.47. The van der Waals surface area contributed by atoms with Crippen molar-refractivity contribution < 1.29 is 9.15 Å². The number of hydrogen-bond donors (Lipinski definition) is 1. The maximum Gasteiger partial charge on any atom is 0.122 e. The van der Waals surface area contributed by atoms with Crippen molar-refractivity contribution in [2.75, 3.05) is 13.2 Å². The lowest BCUT2D eigenvalue weighted by Crippen LogP contribution is -2.56. The van der Waals surface area contributed by atoms with Crippen LogP contribution in [0.1, 0.15) is 50.2 Å². The number of furan rings is 1. The first-order chi connectivity index (χ1) is 9.66. The van der Waals surface area contributed by atoms with Gasteiger partial charge in [-0.25, -0.2) is 0 Å². The van der Waals surface area contributed by atoms with E-state index in [1.807, 2.05) is 13.0 Å². The number of nitrogens with zero attached hydrogens (tertiary/aromatic N) is 1. The monoisotopic (exact) mass is 278 g/mol. The van der Waals surface area contributed by atoms with E-state index in [0.717, 1.165) is 24.7 Å². The summed E-state index contributed by atoms with van der Waals surface area (Å²) >= 11 is 0. The molecule has 4 heteroatoms. The molecular formula is C16H26N2O2. The first-order valence-electron chi connectivity index (χ1n) is 7.86. The Kier molecular flexibility index (Phi) is 4.15. The molecule has 0 aromatic carbocycles. The molecule has 1 aromatic heterocycles. The van der Waals surface area contributed by atoms with E-state index in [0.29, 0.717) is 12.1 Å². The molecule has 1 aliphatic heterocycles. The molecule has 0 amide bonds. The van der Waals surface area contributed by atoms with Gasteiger partial charge in [0.25, 0.3) is 0 Å². The van der Waals surface area contributed by atoms with Gasteiger partial charge in [0, 0.05) is 18.6 Å². The summed E-state index contributed by atoms with van der Waals surface area (Å²) < 4.78 is 11.8. The zero-order chi connectivity index (χ0) is 14.1. The smallest absolute Gasteiger partial charge is 0.122 e. The Morgan fingerprint density at radius 2 is 2.10 bits per heavy atom. The Morgan fingerprint density at radius 1 is 1.30 bits per heavy atom. The fourth-order valence-corrected chi connectivity index (χ4v) is 3.81. The topological polar surface area (TPSA) is 51.6 Å². The highest BCUT2D eigenvalue weighted by Gasteiger charge is 2.40. The minimum atomic E-state index is 0.0567. The summed E-state index contributed by atoms with van der Waals surface area (Å²) in [4.78, 5) is 2.54. The van der Waals surface area contributed by atoms with E-state index < -0.39 is 0 Å². The van der Waals surface area contributed by atoms with Gasteiger partial charge in [0.1, 0.15) is 11.5 Å². The number of ether oxygens (including phenoxy) is 1. The third-order valence-corrected chi connectivity index (χ3v) is 4.68. The van der Waals surface area contributed by atoms with Crippen LogP contribution in [0.3, 0.4) is 0 Å². The summed E-state index contributed by atoms with van der Waals surface area (Å²) in [5, 5.41) is 0. The first kappa shape index (κ1) is 14.1. The van der Waals surface area contributed by atoms with E-state index in [4.69, 9.17) is 14.9 Å². The summed E-state index contributed by atoms with van der Waals surface area (Å²) in [6, 6.07) is 4.83. The Bertz CT molecular complexity index is 441. The minimum absolute atomic E-state index is 0.0567. The van der Waals surface area contributed by atoms with E-state index in [1.165, 1.54) is 25.7 Å². The quantitative estimate of drug-likeness (QED) is 0.923. The molecule has 2 fully saturated rings. The van der Waals surface area contributed by atoms with Crippen LogP contribution in [0.15, 0.2) is 16.5 Å². The lowest BCUT2D eigenvalue weighted by atomic mass is 9.88. The Morgan fingerprint density at radius 3 is 2.80 bits per heavy atom. The third kappa shape index (κ3) is 2.65. The molecule has 0 spiro atoms. The minimum Gasteiger partial charge on any atom is -0.465 e. The highest BCUT2D eigenvalue weighted by atomic mass is 16.5. The van der Waals surface area contributed by atoms with Gasteiger partial charge in [0.05, 0.1) is 18.8 Å². The average molecular weight is 278 g/mol. The molecule has 4 atom stereocenters. The normalized spacial score (nSPS) is 30.8. The van der Waals surface area contributed by atoms with Gasteiger partial charge in [-0.2, -0.15) is 0 Å². The zero-order valence-electron chi connectivity index (χ0n) is 12.5. The molecule has 3 rings (SSSR count). The molecule has 112 valence electrons. The maximum atomic E-state index is 6.29. The molecule has 1 aliphatic carbocycles. The molecule has 2 heterocycles. The second-order valence-corrected chi connectivity index (χ2v) is 6.25. The van der Waals surface area contributed by atoms with Gasteiger partial charge in [0.15, 0.2) is 0 Å². The molecule has 1 aromatic rings. The number of hydrogen-bond acceptors (Lipinski definition) is 4. The molecule has 0 bridgehead atoms. The lowest BCUT2D eigenvalue weighted by molar-refractivity contribution is -0.108. The number of fused-ring (bicyclic) bond motifs is 1. The van der Waals surface area contributed by atoms with Gasteiger partial charge in [-0.3, -0.25) is 4.90 Å². The second kappa shape index (κ2) is 5.88. The van der Waals surface area contributed by atoms with Crippen LogP contribution in [-0.2, 0) is 4.74 Å². The van der Waals surface area contributed by atoms with Crippen molar-refractivity contribution in [3.05, 3.63) is 23.7 Å². The van der Waals surface area contributed by atoms with Gasteiger partial charge in [0.2, 0.25) is 0 Å². The summed E-state index contributed by atoms with van der Waals surface area (Å²) in [6.07, 6.45) is 5.37. The van der Waals surface area contributed by atoms with Crippen LogP contribution in [0, 0.1) is 6.92 Å². The van der Waals surface area contributed by atoms with Crippen LogP contribution in [0.5, 0.6) is 0 Å². The van der Waals surface area contributed by atoms with Gasteiger partial charge in [-0.1, -0.05) is 12.8 Å². The van der Waals surface area contributed by atoms with Crippen LogP contribution >= 0.6 is 0 Å².